The predicted octanol–water partition coefficient (Wildman–Crippen LogP) is 7.41. The van der Waals surface area contributed by atoms with Gasteiger partial charge in [0.1, 0.15) is 0 Å². The van der Waals surface area contributed by atoms with Crippen LogP contribution >= 0.6 is 0 Å². The van der Waals surface area contributed by atoms with Crippen LogP contribution in [0.3, 0.4) is 0 Å². The highest BCUT2D eigenvalue weighted by molar-refractivity contribution is 5.89. The minimum atomic E-state index is -0.424. The lowest BCUT2D eigenvalue weighted by atomic mass is 10.0. The monoisotopic (exact) mass is 368 g/mol. The Labute approximate surface area is 163 Å². The third-order valence-electron chi connectivity index (χ3n) is 2.74. The molecule has 3 heteroatoms. The number of hydrogen-bond acceptors (Lipinski definition) is 3. The topological polar surface area (TPSA) is 35.5 Å². The molecule has 0 N–H and O–H groups in total. The number of hydrogen-bond donors (Lipinski definition) is 0. The molecule has 1 rings (SSSR count). The minimum Gasteiger partial charge on any atom is -0.493 e. The van der Waals surface area contributed by atoms with Gasteiger partial charge in [-0.2, -0.15) is 0 Å². The Morgan fingerprint density at radius 2 is 1.38 bits per heavy atom. The molecule has 0 aliphatic rings. The maximum absolute atomic E-state index is 11.6. The van der Waals surface area contributed by atoms with E-state index in [0.717, 1.165) is 18.4 Å². The summed E-state index contributed by atoms with van der Waals surface area (Å²) in [6, 6.07) is 3.95. The van der Waals surface area contributed by atoms with Crippen molar-refractivity contribution in [3.8, 4) is 11.5 Å². The Morgan fingerprint density at radius 1 is 0.923 bits per heavy atom. The second-order valence-corrected chi connectivity index (χ2v) is 4.16. The molecular formula is C23H44O3. The van der Waals surface area contributed by atoms with Crippen LogP contribution in [0.15, 0.2) is 24.3 Å². The van der Waals surface area contributed by atoms with Crippen LogP contribution in [0.1, 0.15) is 87.3 Å². The largest absolute Gasteiger partial charge is 0.493 e. The summed E-state index contributed by atoms with van der Waals surface area (Å²) in [5, 5.41) is 0. The first kappa shape index (κ1) is 31.9. The predicted molar refractivity (Wildman–Crippen MR) is 118 cm³/mol. The van der Waals surface area contributed by atoms with Crippen molar-refractivity contribution < 1.29 is 14.3 Å². The van der Waals surface area contributed by atoms with Crippen LogP contribution in [0.5, 0.6) is 11.5 Å². The van der Waals surface area contributed by atoms with Gasteiger partial charge in [-0.3, -0.25) is 0 Å². The second kappa shape index (κ2) is 23.2. The molecule has 0 unspecified atom stereocenters. The van der Waals surface area contributed by atoms with Crippen LogP contribution in [0, 0.1) is 0 Å². The SMILES string of the molecule is C=C(C)C(=O)Oc1c(CC)cc(CC)cc1OC.CC.CC.CC.CC. The Hall–Kier alpha value is -1.77. The van der Waals surface area contributed by atoms with Crippen LogP contribution < -0.4 is 9.47 Å². The molecule has 0 heterocycles. The van der Waals surface area contributed by atoms with Gasteiger partial charge in [-0.15, -0.1) is 0 Å². The average Bonchev–Trinajstić information content (AvgIpc) is 2.73. The van der Waals surface area contributed by atoms with Gasteiger partial charge >= 0.3 is 5.97 Å². The van der Waals surface area contributed by atoms with Crippen molar-refractivity contribution in [1.29, 1.82) is 0 Å². The van der Waals surface area contributed by atoms with Crippen LogP contribution in [0.25, 0.3) is 0 Å². The third kappa shape index (κ3) is 12.6. The minimum absolute atomic E-state index is 0.374. The fourth-order valence-electron chi connectivity index (χ4n) is 1.64. The summed E-state index contributed by atoms with van der Waals surface area (Å²) in [7, 11) is 1.58. The summed E-state index contributed by atoms with van der Waals surface area (Å²) in [4.78, 5) is 11.6. The van der Waals surface area contributed by atoms with Crippen LogP contribution in [-0.4, -0.2) is 13.1 Å². The normalized spacial score (nSPS) is 7.85. The standard InChI is InChI=1S/C15H20O3.4C2H6/c1-6-11-8-12(7-2)14(13(9-11)17-5)18-15(16)10(3)4;4*1-2/h8-9H,3,6-7H2,1-2,4-5H3;4*1-2H3. The van der Waals surface area contributed by atoms with Gasteiger partial charge in [0.2, 0.25) is 0 Å². The summed E-state index contributed by atoms with van der Waals surface area (Å²) in [6.45, 7) is 25.3. The molecule has 0 saturated carbocycles. The molecule has 0 atom stereocenters. The van der Waals surface area contributed by atoms with Crippen molar-refractivity contribution in [3.05, 3.63) is 35.4 Å². The number of carbonyl (C=O) groups excluding carboxylic acids is 1. The van der Waals surface area contributed by atoms with Gasteiger partial charge in [0.25, 0.3) is 0 Å². The summed E-state index contributed by atoms with van der Waals surface area (Å²) >= 11 is 0. The van der Waals surface area contributed by atoms with Crippen molar-refractivity contribution in [2.24, 2.45) is 0 Å². The summed E-state index contributed by atoms with van der Waals surface area (Å²) in [5.41, 5.74) is 2.51. The third-order valence-corrected chi connectivity index (χ3v) is 2.74. The van der Waals surface area contributed by atoms with Crippen molar-refractivity contribution in [2.75, 3.05) is 7.11 Å². The second-order valence-electron chi connectivity index (χ2n) is 4.16. The number of methoxy groups -OCH3 is 1. The van der Waals surface area contributed by atoms with E-state index in [4.69, 9.17) is 9.47 Å². The number of carbonyl (C=O) groups is 1. The van der Waals surface area contributed by atoms with Crippen molar-refractivity contribution in [3.63, 3.8) is 0 Å². The molecule has 0 amide bonds. The lowest BCUT2D eigenvalue weighted by molar-refractivity contribution is -0.130. The molecule has 0 aromatic heterocycles. The van der Waals surface area contributed by atoms with Gasteiger partial charge in [-0.25, -0.2) is 4.79 Å². The lowest BCUT2D eigenvalue weighted by Crippen LogP contribution is -2.11. The number of aryl methyl sites for hydroxylation is 2. The van der Waals surface area contributed by atoms with Crippen LogP contribution in [0.2, 0.25) is 0 Å². The molecule has 0 radical (unpaired) electrons. The maximum atomic E-state index is 11.6. The van der Waals surface area contributed by atoms with Crippen LogP contribution in [0.4, 0.5) is 0 Å². The summed E-state index contributed by atoms with van der Waals surface area (Å²) in [6.07, 6.45) is 1.70. The molecule has 0 aliphatic heterocycles. The summed E-state index contributed by atoms with van der Waals surface area (Å²) < 4.78 is 10.7. The lowest BCUT2D eigenvalue weighted by Gasteiger charge is -2.14. The molecule has 0 spiro atoms. The van der Waals surface area contributed by atoms with Crippen LogP contribution in [-0.2, 0) is 17.6 Å². The molecule has 154 valence electrons. The van der Waals surface area contributed by atoms with Crippen molar-refractivity contribution in [2.45, 2.75) is 89.0 Å². The zero-order valence-electron chi connectivity index (χ0n) is 19.5. The quantitative estimate of drug-likeness (QED) is 0.308. The van der Waals surface area contributed by atoms with Crippen molar-refractivity contribution in [1.82, 2.24) is 0 Å². The summed E-state index contributed by atoms with van der Waals surface area (Å²) in [5.74, 6) is 0.679. The molecule has 0 aliphatic carbocycles. The first-order chi connectivity index (χ1) is 12.5. The first-order valence-electron chi connectivity index (χ1n) is 10.1. The van der Waals surface area contributed by atoms with E-state index < -0.39 is 5.97 Å². The molecule has 1 aromatic carbocycles. The molecule has 26 heavy (non-hydrogen) atoms. The van der Waals surface area contributed by atoms with E-state index in [1.54, 1.807) is 14.0 Å². The van der Waals surface area contributed by atoms with Gasteiger partial charge < -0.3 is 9.47 Å². The Morgan fingerprint density at radius 3 is 1.69 bits per heavy atom. The van der Waals surface area contributed by atoms with Gasteiger partial charge in [0, 0.05) is 5.57 Å². The van der Waals surface area contributed by atoms with E-state index in [1.807, 2.05) is 74.4 Å². The van der Waals surface area contributed by atoms with Gasteiger partial charge in [-0.05, 0) is 37.0 Å². The molecule has 0 saturated heterocycles. The highest BCUT2D eigenvalue weighted by Crippen LogP contribution is 2.34. The highest BCUT2D eigenvalue weighted by atomic mass is 16.6. The fourth-order valence-corrected chi connectivity index (χ4v) is 1.64. The first-order valence-corrected chi connectivity index (χ1v) is 10.1. The molecule has 1 aromatic rings. The number of esters is 1. The van der Waals surface area contributed by atoms with Crippen molar-refractivity contribution >= 4 is 5.97 Å². The molecular weight excluding hydrogens is 324 g/mol. The highest BCUT2D eigenvalue weighted by Gasteiger charge is 2.15. The Balaban J connectivity index is -0.000000266. The zero-order valence-corrected chi connectivity index (χ0v) is 19.5. The van der Waals surface area contributed by atoms with E-state index in [-0.39, 0.29) is 0 Å². The van der Waals surface area contributed by atoms with E-state index in [2.05, 4.69) is 13.5 Å². The number of ether oxygens (including phenoxy) is 2. The smallest absolute Gasteiger partial charge is 0.338 e. The Kier molecular flexibility index (Phi) is 28.5. The Bertz CT molecular complexity index is 438. The number of rotatable bonds is 5. The maximum Gasteiger partial charge on any atom is 0.338 e. The molecule has 0 fully saturated rings. The van der Waals surface area contributed by atoms with E-state index in [0.29, 0.717) is 17.1 Å². The fraction of sp³-hybridized carbons (Fsp3) is 0.609. The van der Waals surface area contributed by atoms with Gasteiger partial charge in [0.05, 0.1) is 7.11 Å². The van der Waals surface area contributed by atoms with E-state index in [1.165, 1.54) is 5.56 Å². The number of benzene rings is 1. The van der Waals surface area contributed by atoms with E-state index >= 15 is 0 Å². The molecule has 0 bridgehead atoms. The zero-order chi connectivity index (χ0) is 21.7. The van der Waals surface area contributed by atoms with Gasteiger partial charge in [-0.1, -0.05) is 81.9 Å². The average molecular weight is 369 g/mol. The molecule has 3 nitrogen and oxygen atoms in total. The van der Waals surface area contributed by atoms with Gasteiger partial charge in [0.15, 0.2) is 11.5 Å². The van der Waals surface area contributed by atoms with E-state index in [9.17, 15) is 4.79 Å².